The van der Waals surface area contributed by atoms with Gasteiger partial charge >= 0.3 is 0 Å². The van der Waals surface area contributed by atoms with Crippen LogP contribution in [-0.2, 0) is 4.74 Å². The molecule has 5 nitrogen and oxygen atoms in total. The molecule has 0 bridgehead atoms. The summed E-state index contributed by atoms with van der Waals surface area (Å²) >= 11 is 0. The molecule has 1 aromatic rings. The van der Waals surface area contributed by atoms with Crippen molar-refractivity contribution in [2.45, 2.75) is 31.7 Å². The first kappa shape index (κ1) is 13.2. The predicted octanol–water partition coefficient (Wildman–Crippen LogP) is 1.15. The minimum absolute atomic E-state index is 0.272. The van der Waals surface area contributed by atoms with Crippen molar-refractivity contribution in [2.75, 3.05) is 31.7 Å². The molecular weight excluding hydrogens is 228 g/mol. The maximum Gasteiger partial charge on any atom is 0.151 e. The van der Waals surface area contributed by atoms with E-state index in [0.29, 0.717) is 12.5 Å². The number of hydrogen-bond acceptors (Lipinski definition) is 5. The number of ether oxygens (including phenoxy) is 1. The Kier molecular flexibility index (Phi) is 4.49. The summed E-state index contributed by atoms with van der Waals surface area (Å²) in [5.74, 6) is 1.38. The van der Waals surface area contributed by atoms with Gasteiger partial charge in [0.15, 0.2) is 5.82 Å². The molecule has 2 N–H and O–H groups in total. The Hall–Kier alpha value is -1.20. The normalized spacial score (nSPS) is 18.6. The number of nitrogens with zero attached hydrogens (tertiary/aromatic N) is 3. The number of anilines is 1. The SMILES string of the molecule is CC(CN)N(C)c1ccc(C2CCOCC2)nn1. The predicted molar refractivity (Wildman–Crippen MR) is 71.7 cm³/mol. The molecule has 0 radical (unpaired) electrons. The van der Waals surface area contributed by atoms with Crippen LogP contribution >= 0.6 is 0 Å². The monoisotopic (exact) mass is 250 g/mol. The first-order valence-electron chi connectivity index (χ1n) is 6.56. The molecule has 0 saturated carbocycles. The summed E-state index contributed by atoms with van der Waals surface area (Å²) in [6, 6.07) is 4.38. The lowest BCUT2D eigenvalue weighted by atomic mass is 9.96. The Morgan fingerprint density at radius 2 is 2.11 bits per heavy atom. The van der Waals surface area contributed by atoms with Crippen molar-refractivity contribution in [3.63, 3.8) is 0 Å². The first-order chi connectivity index (χ1) is 8.72. The van der Waals surface area contributed by atoms with Gasteiger partial charge in [0, 0.05) is 38.8 Å². The molecule has 1 aliphatic heterocycles. The van der Waals surface area contributed by atoms with Crippen molar-refractivity contribution in [1.82, 2.24) is 10.2 Å². The molecule has 2 heterocycles. The Labute approximate surface area is 108 Å². The van der Waals surface area contributed by atoms with Crippen LogP contribution in [0.2, 0.25) is 0 Å². The summed E-state index contributed by atoms with van der Waals surface area (Å²) < 4.78 is 5.36. The van der Waals surface area contributed by atoms with E-state index in [1.54, 1.807) is 0 Å². The fourth-order valence-corrected chi connectivity index (χ4v) is 2.12. The fraction of sp³-hybridized carbons (Fsp3) is 0.692. The Morgan fingerprint density at radius 3 is 2.67 bits per heavy atom. The molecule has 0 spiro atoms. The smallest absolute Gasteiger partial charge is 0.151 e. The molecule has 0 aliphatic carbocycles. The molecular formula is C13H22N4O. The molecule has 1 unspecified atom stereocenters. The summed E-state index contributed by atoms with van der Waals surface area (Å²) in [6.45, 7) is 4.35. The highest BCUT2D eigenvalue weighted by Gasteiger charge is 2.18. The van der Waals surface area contributed by atoms with Crippen LogP contribution in [0.4, 0.5) is 5.82 Å². The van der Waals surface area contributed by atoms with Crippen molar-refractivity contribution in [3.05, 3.63) is 17.8 Å². The molecule has 1 saturated heterocycles. The first-order valence-corrected chi connectivity index (χ1v) is 6.56. The highest BCUT2D eigenvalue weighted by atomic mass is 16.5. The molecule has 0 aromatic carbocycles. The lowest BCUT2D eigenvalue weighted by Gasteiger charge is -2.25. The lowest BCUT2D eigenvalue weighted by Crippen LogP contribution is -2.35. The van der Waals surface area contributed by atoms with E-state index in [9.17, 15) is 0 Å². The molecule has 1 fully saturated rings. The van der Waals surface area contributed by atoms with E-state index >= 15 is 0 Å². The summed E-state index contributed by atoms with van der Waals surface area (Å²) in [5.41, 5.74) is 6.73. The van der Waals surface area contributed by atoms with Gasteiger partial charge in [0.2, 0.25) is 0 Å². The zero-order valence-corrected chi connectivity index (χ0v) is 11.2. The highest BCUT2D eigenvalue weighted by molar-refractivity contribution is 5.37. The second-order valence-corrected chi connectivity index (χ2v) is 4.90. The van der Waals surface area contributed by atoms with E-state index in [1.807, 2.05) is 13.1 Å². The molecule has 1 aliphatic rings. The zero-order chi connectivity index (χ0) is 13.0. The number of nitrogens with two attached hydrogens (primary N) is 1. The van der Waals surface area contributed by atoms with Gasteiger partial charge in [-0.25, -0.2) is 0 Å². The molecule has 1 aromatic heterocycles. The van der Waals surface area contributed by atoms with Crippen LogP contribution in [0.15, 0.2) is 12.1 Å². The molecule has 5 heteroatoms. The highest BCUT2D eigenvalue weighted by Crippen LogP contribution is 2.25. The van der Waals surface area contributed by atoms with Gasteiger partial charge in [-0.3, -0.25) is 0 Å². The van der Waals surface area contributed by atoms with Crippen molar-refractivity contribution in [1.29, 1.82) is 0 Å². The topological polar surface area (TPSA) is 64.3 Å². The van der Waals surface area contributed by atoms with Crippen molar-refractivity contribution >= 4 is 5.82 Å². The Balaban J connectivity index is 2.04. The second-order valence-electron chi connectivity index (χ2n) is 4.90. The number of hydrogen-bond donors (Lipinski definition) is 1. The van der Waals surface area contributed by atoms with Crippen LogP contribution < -0.4 is 10.6 Å². The van der Waals surface area contributed by atoms with Crippen LogP contribution in [0.5, 0.6) is 0 Å². The van der Waals surface area contributed by atoms with E-state index in [1.165, 1.54) is 0 Å². The average Bonchev–Trinajstić information content (AvgIpc) is 2.47. The summed E-state index contributed by atoms with van der Waals surface area (Å²) in [4.78, 5) is 2.06. The van der Waals surface area contributed by atoms with Crippen LogP contribution in [0, 0.1) is 0 Å². The molecule has 1 atom stereocenters. The number of rotatable bonds is 4. The summed E-state index contributed by atoms with van der Waals surface area (Å²) in [6.07, 6.45) is 2.09. The summed E-state index contributed by atoms with van der Waals surface area (Å²) in [7, 11) is 2.00. The van der Waals surface area contributed by atoms with E-state index in [0.717, 1.165) is 37.6 Å². The van der Waals surface area contributed by atoms with Gasteiger partial charge in [0.05, 0.1) is 5.69 Å². The van der Waals surface area contributed by atoms with Crippen molar-refractivity contribution in [2.24, 2.45) is 5.73 Å². The van der Waals surface area contributed by atoms with E-state index in [2.05, 4.69) is 28.1 Å². The van der Waals surface area contributed by atoms with Crippen LogP contribution in [0.25, 0.3) is 0 Å². The number of likely N-dealkylation sites (N-methyl/N-ethyl adjacent to an activating group) is 1. The largest absolute Gasteiger partial charge is 0.381 e. The van der Waals surface area contributed by atoms with E-state index in [-0.39, 0.29) is 6.04 Å². The van der Waals surface area contributed by atoms with Gasteiger partial charge in [-0.05, 0) is 31.9 Å². The van der Waals surface area contributed by atoms with Gasteiger partial charge < -0.3 is 15.4 Å². The van der Waals surface area contributed by atoms with Crippen molar-refractivity contribution < 1.29 is 4.74 Å². The van der Waals surface area contributed by atoms with Gasteiger partial charge in [-0.15, -0.1) is 5.10 Å². The minimum atomic E-state index is 0.272. The zero-order valence-electron chi connectivity index (χ0n) is 11.2. The third-order valence-corrected chi connectivity index (χ3v) is 3.67. The Bertz CT molecular complexity index is 341. The quantitative estimate of drug-likeness (QED) is 0.868. The summed E-state index contributed by atoms with van der Waals surface area (Å²) in [5, 5.41) is 8.65. The molecule has 18 heavy (non-hydrogen) atoms. The number of aromatic nitrogens is 2. The van der Waals surface area contributed by atoms with Gasteiger partial charge in [-0.1, -0.05) is 0 Å². The van der Waals surface area contributed by atoms with Crippen LogP contribution in [-0.4, -0.2) is 43.0 Å². The maximum atomic E-state index is 5.65. The van der Waals surface area contributed by atoms with Crippen LogP contribution in [0.1, 0.15) is 31.4 Å². The molecule has 100 valence electrons. The third kappa shape index (κ3) is 2.97. The van der Waals surface area contributed by atoms with E-state index < -0.39 is 0 Å². The fourth-order valence-electron chi connectivity index (χ4n) is 2.12. The van der Waals surface area contributed by atoms with Gasteiger partial charge in [0.1, 0.15) is 0 Å². The second kappa shape index (κ2) is 6.11. The Morgan fingerprint density at radius 1 is 1.39 bits per heavy atom. The molecule has 0 amide bonds. The van der Waals surface area contributed by atoms with Crippen LogP contribution in [0.3, 0.4) is 0 Å². The van der Waals surface area contributed by atoms with Gasteiger partial charge in [-0.2, -0.15) is 5.10 Å². The lowest BCUT2D eigenvalue weighted by molar-refractivity contribution is 0.0843. The van der Waals surface area contributed by atoms with Crippen molar-refractivity contribution in [3.8, 4) is 0 Å². The minimum Gasteiger partial charge on any atom is -0.381 e. The van der Waals surface area contributed by atoms with E-state index in [4.69, 9.17) is 10.5 Å². The molecule has 2 rings (SSSR count). The average molecular weight is 250 g/mol. The standard InChI is InChI=1S/C13H22N4O/c1-10(9-14)17(2)13-4-3-12(15-16-13)11-5-7-18-8-6-11/h3-4,10-11H,5-9,14H2,1-2H3. The maximum absolute atomic E-state index is 5.65. The van der Waals surface area contributed by atoms with Gasteiger partial charge in [0.25, 0.3) is 0 Å². The third-order valence-electron chi connectivity index (χ3n) is 3.67.